The van der Waals surface area contributed by atoms with Gasteiger partial charge in [0.2, 0.25) is 0 Å². The fraction of sp³-hybridized carbons (Fsp3) is 0. The van der Waals surface area contributed by atoms with Crippen LogP contribution >= 0.6 is 0 Å². The van der Waals surface area contributed by atoms with Crippen molar-refractivity contribution in [2.24, 2.45) is 0 Å². The summed E-state index contributed by atoms with van der Waals surface area (Å²) in [6.45, 7) is 0. The first-order valence-electron chi connectivity index (χ1n) is 24.6. The van der Waals surface area contributed by atoms with Crippen molar-refractivity contribution in [2.45, 2.75) is 0 Å². The third-order valence-corrected chi connectivity index (χ3v) is 15.5. The molecule has 72 heavy (non-hydrogen) atoms. The Kier molecular flexibility index (Phi) is 7.38. The number of rotatable bonds is 6. The molecule has 0 N–H and O–H groups in total. The maximum atomic E-state index is 6.44. The van der Waals surface area contributed by atoms with Crippen molar-refractivity contribution >= 4 is 154 Å². The minimum absolute atomic E-state index is 0.869. The van der Waals surface area contributed by atoms with Crippen molar-refractivity contribution in [3.05, 3.63) is 231 Å². The van der Waals surface area contributed by atoms with Crippen molar-refractivity contribution in [2.75, 3.05) is 9.80 Å². The van der Waals surface area contributed by atoms with Crippen molar-refractivity contribution < 1.29 is 8.83 Å². The van der Waals surface area contributed by atoms with Gasteiger partial charge in [0.15, 0.2) is 0 Å². The van der Waals surface area contributed by atoms with Crippen molar-refractivity contribution in [3.63, 3.8) is 0 Å². The molecule has 0 aliphatic carbocycles. The zero-order valence-corrected chi connectivity index (χ0v) is 38.5. The summed E-state index contributed by atoms with van der Waals surface area (Å²) in [4.78, 5) is 4.69. The maximum absolute atomic E-state index is 6.44. The predicted molar refractivity (Wildman–Crippen MR) is 300 cm³/mol. The van der Waals surface area contributed by atoms with E-state index in [9.17, 15) is 0 Å². The van der Waals surface area contributed by atoms with E-state index in [4.69, 9.17) is 8.83 Å². The highest BCUT2D eigenvalue weighted by Crippen LogP contribution is 2.48. The van der Waals surface area contributed by atoms with E-state index in [-0.39, 0.29) is 0 Å². The fourth-order valence-electron chi connectivity index (χ4n) is 12.5. The van der Waals surface area contributed by atoms with Gasteiger partial charge in [-0.3, -0.25) is 0 Å². The smallest absolute Gasteiger partial charge is 0.137 e. The van der Waals surface area contributed by atoms with Gasteiger partial charge in [-0.05, 0) is 97.1 Å². The van der Waals surface area contributed by atoms with E-state index in [2.05, 4.69) is 225 Å². The van der Waals surface area contributed by atoms with Crippen LogP contribution in [-0.4, -0.2) is 8.80 Å². The summed E-state index contributed by atoms with van der Waals surface area (Å²) in [5.74, 6) is 0. The van der Waals surface area contributed by atoms with E-state index in [0.717, 1.165) is 78.0 Å². The minimum Gasteiger partial charge on any atom is -0.456 e. The molecular formula is C66H38N4O2. The summed E-state index contributed by atoms with van der Waals surface area (Å²) in [6, 6.07) is 83.5. The van der Waals surface area contributed by atoms with E-state index >= 15 is 0 Å². The Morgan fingerprint density at radius 3 is 1.00 bits per heavy atom. The Bertz CT molecular complexity index is 4740. The highest BCUT2D eigenvalue weighted by molar-refractivity contribution is 6.29. The number of anilines is 6. The van der Waals surface area contributed by atoms with Crippen molar-refractivity contribution in [1.82, 2.24) is 8.80 Å². The van der Waals surface area contributed by atoms with Gasteiger partial charge < -0.3 is 27.4 Å². The van der Waals surface area contributed by atoms with Crippen LogP contribution in [0, 0.1) is 0 Å². The van der Waals surface area contributed by atoms with Crippen LogP contribution in [0.3, 0.4) is 0 Å². The van der Waals surface area contributed by atoms with Gasteiger partial charge >= 0.3 is 0 Å². The summed E-state index contributed by atoms with van der Waals surface area (Å²) in [7, 11) is 0. The third kappa shape index (κ3) is 5.06. The molecule has 0 saturated carbocycles. The largest absolute Gasteiger partial charge is 0.456 e. The summed E-state index contributed by atoms with van der Waals surface area (Å²) in [5.41, 5.74) is 17.1. The highest BCUT2D eigenvalue weighted by atomic mass is 16.3. The predicted octanol–water partition coefficient (Wildman–Crippen LogP) is 18.7. The normalized spacial score (nSPS) is 12.4. The lowest BCUT2D eigenvalue weighted by Gasteiger charge is -2.25. The molecule has 17 aromatic rings. The number of nitrogens with zero attached hydrogens (tertiary/aromatic N) is 4. The molecule has 6 aromatic heterocycles. The minimum atomic E-state index is 0.869. The monoisotopic (exact) mass is 918 g/mol. The van der Waals surface area contributed by atoms with Gasteiger partial charge in [-0.2, -0.15) is 0 Å². The molecule has 0 saturated heterocycles. The summed E-state index contributed by atoms with van der Waals surface area (Å²) < 4.78 is 17.9. The Balaban J connectivity index is 0.882. The number of furan rings is 2. The van der Waals surface area contributed by atoms with Crippen LogP contribution in [0.5, 0.6) is 0 Å². The molecular weight excluding hydrogens is 881 g/mol. The molecule has 0 atom stereocenters. The summed E-state index contributed by atoms with van der Waals surface area (Å²) in [6.07, 6.45) is 0. The SMILES string of the molecule is c1ccc(N(c2ccc3c(c2)oc2ccccc23)c2ccc3c4cccc5c6cc7c(cc6n(c3c2)c45)c2cccc3c4ccc(N(c5ccccc5)c5ccc6c(c5)oc5ccccc56)cc4n7c32)cc1. The highest BCUT2D eigenvalue weighted by Gasteiger charge is 2.25. The topological polar surface area (TPSA) is 41.6 Å². The van der Waals surface area contributed by atoms with Crippen LogP contribution in [0.4, 0.5) is 34.1 Å². The quantitative estimate of drug-likeness (QED) is 0.167. The fourth-order valence-corrected chi connectivity index (χ4v) is 12.5. The van der Waals surface area contributed by atoms with E-state index in [1.807, 2.05) is 24.3 Å². The lowest BCUT2D eigenvalue weighted by Crippen LogP contribution is -2.09. The maximum Gasteiger partial charge on any atom is 0.137 e. The van der Waals surface area contributed by atoms with E-state index in [1.165, 1.54) is 76.2 Å². The van der Waals surface area contributed by atoms with Gasteiger partial charge in [0.25, 0.3) is 0 Å². The van der Waals surface area contributed by atoms with Crippen LogP contribution in [0.1, 0.15) is 0 Å². The number of aromatic nitrogens is 2. The van der Waals surface area contributed by atoms with Crippen LogP contribution in [-0.2, 0) is 0 Å². The molecule has 6 nitrogen and oxygen atoms in total. The average molecular weight is 919 g/mol. The van der Waals surface area contributed by atoms with E-state index in [0.29, 0.717) is 0 Å². The molecule has 0 aliphatic heterocycles. The van der Waals surface area contributed by atoms with Crippen LogP contribution in [0.15, 0.2) is 239 Å². The third-order valence-electron chi connectivity index (χ3n) is 15.5. The molecule has 17 rings (SSSR count). The molecule has 0 unspecified atom stereocenters. The average Bonchev–Trinajstić information content (AvgIpc) is 4.28. The Hall–Kier alpha value is -9.78. The van der Waals surface area contributed by atoms with Gasteiger partial charge in [0, 0.05) is 111 Å². The second kappa shape index (κ2) is 13.9. The van der Waals surface area contributed by atoms with E-state index in [1.54, 1.807) is 0 Å². The van der Waals surface area contributed by atoms with E-state index < -0.39 is 0 Å². The Morgan fingerprint density at radius 2 is 0.556 bits per heavy atom. The zero-order chi connectivity index (χ0) is 46.8. The van der Waals surface area contributed by atoms with Crippen LogP contribution in [0.2, 0.25) is 0 Å². The molecule has 0 fully saturated rings. The lowest BCUT2D eigenvalue weighted by molar-refractivity contribution is 0.668. The second-order valence-electron chi connectivity index (χ2n) is 19.3. The summed E-state index contributed by atoms with van der Waals surface area (Å²) in [5, 5.41) is 14.4. The van der Waals surface area contributed by atoms with Gasteiger partial charge in [-0.25, -0.2) is 0 Å². The molecule has 6 heterocycles. The van der Waals surface area contributed by atoms with Gasteiger partial charge in [-0.15, -0.1) is 0 Å². The molecule has 0 aliphatic rings. The Labute approximate surface area is 410 Å². The molecule has 0 amide bonds. The first-order valence-corrected chi connectivity index (χ1v) is 24.6. The van der Waals surface area contributed by atoms with Crippen LogP contribution in [0.25, 0.3) is 120 Å². The molecule has 0 bridgehead atoms. The van der Waals surface area contributed by atoms with Gasteiger partial charge in [0.05, 0.1) is 33.1 Å². The molecule has 0 spiro atoms. The van der Waals surface area contributed by atoms with Crippen molar-refractivity contribution in [3.8, 4) is 0 Å². The molecule has 0 radical (unpaired) electrons. The second-order valence-corrected chi connectivity index (χ2v) is 19.3. The lowest BCUT2D eigenvalue weighted by atomic mass is 10.0. The molecule has 334 valence electrons. The number of hydrogen-bond acceptors (Lipinski definition) is 4. The Morgan fingerprint density at radius 1 is 0.222 bits per heavy atom. The molecule has 6 heteroatoms. The number of benzene rings is 11. The van der Waals surface area contributed by atoms with Crippen LogP contribution < -0.4 is 9.80 Å². The number of para-hydroxylation sites is 6. The van der Waals surface area contributed by atoms with Gasteiger partial charge in [-0.1, -0.05) is 121 Å². The zero-order valence-electron chi connectivity index (χ0n) is 38.5. The standard InChI is InChI=1S/C66H38N4O2/c1-3-13-39(14-4-1)67(43-27-31-49-47-17-7-9-23-61(47)71-63(49)35-43)41-25-29-45-51-19-11-21-53-55-38-60-56(37-59(55)69(65(51)53)57(45)33-41)54-22-12-20-52-46-30-26-42(34-58(46)70(60)66(52)54)68(40-15-5-2-6-16-40)44-28-32-50-48-18-8-10-24-62(48)72-64(50)36-44/h1-38H. The van der Waals surface area contributed by atoms with Gasteiger partial charge in [0.1, 0.15) is 22.3 Å². The first-order chi connectivity index (χ1) is 35.7. The number of fused-ring (bicyclic) bond motifs is 18. The number of hydrogen-bond donors (Lipinski definition) is 0. The first kappa shape index (κ1) is 38.1. The van der Waals surface area contributed by atoms with Crippen molar-refractivity contribution in [1.29, 1.82) is 0 Å². The summed E-state index contributed by atoms with van der Waals surface area (Å²) >= 11 is 0. The molecule has 11 aromatic carbocycles.